The Kier molecular flexibility index (Phi) is 5.40. The second-order valence-electron chi connectivity index (χ2n) is 8.16. The zero-order valence-corrected chi connectivity index (χ0v) is 17.8. The maximum atomic E-state index is 13.1. The highest BCUT2D eigenvalue weighted by atomic mass is 19.1. The fraction of sp³-hybridized carbons (Fsp3) is 0.208. The molecule has 1 saturated heterocycles. The van der Waals surface area contributed by atoms with Crippen LogP contribution in [0.1, 0.15) is 44.9 Å². The molecule has 0 saturated carbocycles. The first-order chi connectivity index (χ1) is 16.4. The first kappa shape index (κ1) is 21.5. The monoisotopic (exact) mass is 462 g/mol. The quantitative estimate of drug-likeness (QED) is 0.561. The van der Waals surface area contributed by atoms with Gasteiger partial charge >= 0.3 is 0 Å². The molecule has 0 radical (unpaired) electrons. The lowest BCUT2D eigenvalue weighted by molar-refractivity contribution is -0.136. The van der Waals surface area contributed by atoms with E-state index in [0.29, 0.717) is 28.8 Å². The van der Waals surface area contributed by atoms with Crippen LogP contribution in [-0.4, -0.2) is 39.7 Å². The first-order valence-electron chi connectivity index (χ1n) is 10.7. The Bertz CT molecular complexity index is 1320. The van der Waals surface area contributed by atoms with E-state index in [2.05, 4.69) is 15.8 Å². The number of rotatable bonds is 5. The van der Waals surface area contributed by atoms with Gasteiger partial charge in [0.15, 0.2) is 0 Å². The molecular weight excluding hydrogens is 443 g/mol. The van der Waals surface area contributed by atoms with Crippen molar-refractivity contribution in [2.24, 2.45) is 0 Å². The Labute approximate surface area is 192 Å². The van der Waals surface area contributed by atoms with Gasteiger partial charge in [0.05, 0.1) is 0 Å². The minimum atomic E-state index is -0.678. The van der Waals surface area contributed by atoms with Crippen LogP contribution in [0.3, 0.4) is 0 Å². The van der Waals surface area contributed by atoms with Gasteiger partial charge in [0.1, 0.15) is 17.6 Å². The SMILES string of the molecule is O=C1CCC(N2Cc3ccc(CNC(=O)c4cc(-c5ccc(F)cc5)no4)cc3C2=O)C(=O)N1. The summed E-state index contributed by atoms with van der Waals surface area (Å²) in [5.74, 6) is -1.94. The molecule has 0 bridgehead atoms. The van der Waals surface area contributed by atoms with Gasteiger partial charge in [0.2, 0.25) is 17.6 Å². The molecular formula is C24H19FN4O5. The number of nitrogens with one attached hydrogen (secondary N) is 2. The fourth-order valence-corrected chi connectivity index (χ4v) is 4.12. The van der Waals surface area contributed by atoms with Crippen molar-refractivity contribution in [1.29, 1.82) is 0 Å². The zero-order valence-electron chi connectivity index (χ0n) is 17.8. The molecule has 34 heavy (non-hydrogen) atoms. The number of carbonyl (C=O) groups excluding carboxylic acids is 4. The molecule has 0 spiro atoms. The number of benzene rings is 2. The predicted molar refractivity (Wildman–Crippen MR) is 116 cm³/mol. The highest BCUT2D eigenvalue weighted by Crippen LogP contribution is 2.28. The van der Waals surface area contributed by atoms with Crippen molar-refractivity contribution in [1.82, 2.24) is 20.7 Å². The van der Waals surface area contributed by atoms with Crippen LogP contribution in [0.15, 0.2) is 53.1 Å². The number of aromatic nitrogens is 1. The molecule has 2 aromatic carbocycles. The van der Waals surface area contributed by atoms with Gasteiger partial charge in [-0.1, -0.05) is 17.3 Å². The third kappa shape index (κ3) is 4.05. The van der Waals surface area contributed by atoms with Gasteiger partial charge in [-0.15, -0.1) is 0 Å². The van der Waals surface area contributed by atoms with Crippen LogP contribution >= 0.6 is 0 Å². The van der Waals surface area contributed by atoms with Crippen molar-refractivity contribution in [3.63, 3.8) is 0 Å². The number of amides is 4. The van der Waals surface area contributed by atoms with Crippen LogP contribution in [0.4, 0.5) is 4.39 Å². The van der Waals surface area contributed by atoms with Crippen molar-refractivity contribution >= 4 is 23.6 Å². The number of nitrogens with zero attached hydrogens (tertiary/aromatic N) is 2. The summed E-state index contributed by atoms with van der Waals surface area (Å²) in [7, 11) is 0. The van der Waals surface area contributed by atoms with Crippen molar-refractivity contribution in [2.75, 3.05) is 0 Å². The molecule has 3 heterocycles. The van der Waals surface area contributed by atoms with Crippen LogP contribution in [0, 0.1) is 5.82 Å². The second kappa shape index (κ2) is 8.54. The molecule has 4 amide bonds. The summed E-state index contributed by atoms with van der Waals surface area (Å²) < 4.78 is 18.2. The number of carbonyl (C=O) groups is 4. The van der Waals surface area contributed by atoms with E-state index in [1.54, 1.807) is 18.2 Å². The van der Waals surface area contributed by atoms with E-state index in [1.807, 2.05) is 0 Å². The van der Waals surface area contributed by atoms with Gasteiger partial charge in [-0.25, -0.2) is 4.39 Å². The summed E-state index contributed by atoms with van der Waals surface area (Å²) in [4.78, 5) is 50.4. The van der Waals surface area contributed by atoms with Crippen molar-refractivity contribution in [3.05, 3.63) is 76.8 Å². The lowest BCUT2D eigenvalue weighted by atomic mass is 10.0. The highest BCUT2D eigenvalue weighted by Gasteiger charge is 2.39. The van der Waals surface area contributed by atoms with Crippen LogP contribution < -0.4 is 10.6 Å². The summed E-state index contributed by atoms with van der Waals surface area (Å²) in [6.07, 6.45) is 0.489. The second-order valence-corrected chi connectivity index (χ2v) is 8.16. The van der Waals surface area contributed by atoms with Crippen molar-refractivity contribution in [2.45, 2.75) is 32.0 Å². The Hall–Kier alpha value is -4.34. The van der Waals surface area contributed by atoms with Crippen molar-refractivity contribution in [3.8, 4) is 11.3 Å². The van der Waals surface area contributed by atoms with E-state index in [0.717, 1.165) is 5.56 Å². The normalized spacial score (nSPS) is 17.5. The summed E-state index contributed by atoms with van der Waals surface area (Å²) >= 11 is 0. The van der Waals surface area contributed by atoms with Gasteiger partial charge in [-0.3, -0.25) is 24.5 Å². The largest absolute Gasteiger partial charge is 0.350 e. The molecule has 1 atom stereocenters. The number of fused-ring (bicyclic) bond motifs is 1. The maximum absolute atomic E-state index is 13.1. The van der Waals surface area contributed by atoms with Gasteiger partial charge < -0.3 is 14.7 Å². The third-order valence-electron chi connectivity index (χ3n) is 5.92. The standard InChI is InChI=1S/C24H19FN4O5/c25-16-5-3-14(4-6-16)18-10-20(34-28-18)23(32)26-11-13-1-2-15-12-29(24(33)17(15)9-13)19-7-8-21(30)27-22(19)31/h1-6,9-10,19H,7-8,11-12H2,(H,26,32)(H,27,30,31). The van der Waals surface area contributed by atoms with E-state index >= 15 is 0 Å². The molecule has 5 rings (SSSR count). The smallest absolute Gasteiger partial charge is 0.290 e. The highest BCUT2D eigenvalue weighted by molar-refractivity contribution is 6.05. The molecule has 1 unspecified atom stereocenters. The summed E-state index contributed by atoms with van der Waals surface area (Å²) in [6, 6.07) is 11.7. The van der Waals surface area contributed by atoms with Crippen LogP contribution in [0.5, 0.6) is 0 Å². The molecule has 2 aliphatic heterocycles. The molecule has 1 fully saturated rings. The van der Waals surface area contributed by atoms with E-state index in [4.69, 9.17) is 4.52 Å². The van der Waals surface area contributed by atoms with Crippen LogP contribution in [0.25, 0.3) is 11.3 Å². The van der Waals surface area contributed by atoms with Gasteiger partial charge in [0, 0.05) is 36.7 Å². The summed E-state index contributed by atoms with van der Waals surface area (Å²) in [5.41, 5.74) is 2.96. The average Bonchev–Trinajstić information content (AvgIpc) is 3.44. The van der Waals surface area contributed by atoms with E-state index < -0.39 is 17.9 Å². The molecule has 9 nitrogen and oxygen atoms in total. The average molecular weight is 462 g/mol. The van der Waals surface area contributed by atoms with Gasteiger partial charge in [0.25, 0.3) is 11.8 Å². The molecule has 2 aliphatic rings. The van der Waals surface area contributed by atoms with E-state index in [9.17, 15) is 23.6 Å². The topological polar surface area (TPSA) is 122 Å². The molecule has 10 heteroatoms. The number of hydrogen-bond acceptors (Lipinski definition) is 6. The molecule has 1 aromatic heterocycles. The van der Waals surface area contributed by atoms with Crippen LogP contribution in [-0.2, 0) is 22.7 Å². The molecule has 0 aliphatic carbocycles. The fourth-order valence-electron chi connectivity index (χ4n) is 4.12. The van der Waals surface area contributed by atoms with Gasteiger partial charge in [-0.2, -0.15) is 0 Å². The van der Waals surface area contributed by atoms with Crippen LogP contribution in [0.2, 0.25) is 0 Å². The molecule has 172 valence electrons. The predicted octanol–water partition coefficient (Wildman–Crippen LogP) is 2.17. The third-order valence-corrected chi connectivity index (χ3v) is 5.92. The zero-order chi connectivity index (χ0) is 23.8. The molecule has 3 aromatic rings. The summed E-state index contributed by atoms with van der Waals surface area (Å²) in [6.45, 7) is 0.432. The lowest BCUT2D eigenvalue weighted by Gasteiger charge is -2.29. The summed E-state index contributed by atoms with van der Waals surface area (Å²) in [5, 5.41) is 8.85. The molecule has 2 N–H and O–H groups in total. The lowest BCUT2D eigenvalue weighted by Crippen LogP contribution is -2.52. The number of halogens is 1. The number of imide groups is 1. The first-order valence-corrected chi connectivity index (χ1v) is 10.7. The van der Waals surface area contributed by atoms with Crippen molar-refractivity contribution < 1.29 is 28.1 Å². The number of piperidine rings is 1. The maximum Gasteiger partial charge on any atom is 0.290 e. The minimum Gasteiger partial charge on any atom is -0.350 e. The Morgan fingerprint density at radius 2 is 1.94 bits per heavy atom. The van der Waals surface area contributed by atoms with E-state index in [-0.39, 0.29) is 42.9 Å². The van der Waals surface area contributed by atoms with Gasteiger partial charge in [-0.05, 0) is 47.9 Å². The minimum absolute atomic E-state index is 0.000551. The Balaban J connectivity index is 1.24. The van der Waals surface area contributed by atoms with E-state index in [1.165, 1.54) is 35.2 Å². The Morgan fingerprint density at radius 1 is 1.15 bits per heavy atom. The number of hydrogen-bond donors (Lipinski definition) is 2. The Morgan fingerprint density at radius 3 is 2.71 bits per heavy atom.